The molecule has 1 aliphatic carbocycles. The van der Waals surface area contributed by atoms with Crippen molar-refractivity contribution in [2.24, 2.45) is 0 Å². The van der Waals surface area contributed by atoms with E-state index in [1.807, 2.05) is 0 Å². The van der Waals surface area contributed by atoms with Gasteiger partial charge in [0.1, 0.15) is 18.4 Å². The minimum Gasteiger partial charge on any atom is -0.352 e. The summed E-state index contributed by atoms with van der Waals surface area (Å²) in [6.07, 6.45) is -0.384. The Morgan fingerprint density at radius 3 is 2.20 bits per heavy atom. The highest BCUT2D eigenvalue weighted by Gasteiger charge is 2.37. The number of nitrogens with one attached hydrogen (secondary N) is 1. The highest BCUT2D eigenvalue weighted by molar-refractivity contribution is 7.92. The van der Waals surface area contributed by atoms with Crippen molar-refractivity contribution in [3.8, 4) is 0 Å². The lowest BCUT2D eigenvalue weighted by atomic mass is 9.95. The smallest absolute Gasteiger partial charge is 0.352 e. The summed E-state index contributed by atoms with van der Waals surface area (Å²) in [4.78, 5) is 28.3. The molecule has 0 aromatic heterocycles. The number of benzene rings is 3. The highest BCUT2D eigenvalue weighted by atomic mass is 35.5. The van der Waals surface area contributed by atoms with Crippen LogP contribution in [-0.2, 0) is 32.3 Å². The number of carbonyl (C=O) groups excluding carboxylic acids is 2. The van der Waals surface area contributed by atoms with Gasteiger partial charge in [0.15, 0.2) is 0 Å². The van der Waals surface area contributed by atoms with Gasteiger partial charge in [0.25, 0.3) is 10.0 Å². The predicted molar refractivity (Wildman–Crippen MR) is 164 cm³/mol. The maximum absolute atomic E-state index is 14.0. The molecule has 1 saturated carbocycles. The van der Waals surface area contributed by atoms with Crippen LogP contribution in [0.25, 0.3) is 0 Å². The molecule has 1 aliphatic rings. The molecule has 3 aromatic rings. The Bertz CT molecular complexity index is 1610. The number of amides is 2. The Morgan fingerprint density at radius 2 is 1.60 bits per heavy atom. The molecule has 0 aliphatic heterocycles. The largest absolute Gasteiger partial charge is 0.417 e. The third-order valence-corrected chi connectivity index (χ3v) is 9.93. The predicted octanol–water partition coefficient (Wildman–Crippen LogP) is 6.87. The van der Waals surface area contributed by atoms with Crippen molar-refractivity contribution in [1.82, 2.24) is 10.2 Å². The summed E-state index contributed by atoms with van der Waals surface area (Å²) in [5, 5.41) is 2.32. The molecule has 13 heteroatoms. The molecule has 1 fully saturated rings. The number of sulfonamides is 1. The average molecular weight is 668 g/mol. The zero-order valence-corrected chi connectivity index (χ0v) is 26.4. The van der Waals surface area contributed by atoms with Crippen LogP contribution in [0.3, 0.4) is 0 Å². The van der Waals surface area contributed by atoms with Crippen LogP contribution in [0.1, 0.15) is 55.7 Å². The van der Waals surface area contributed by atoms with Gasteiger partial charge in [-0.1, -0.05) is 60.7 Å². The monoisotopic (exact) mass is 667 g/mol. The minimum absolute atomic E-state index is 0.0789. The third kappa shape index (κ3) is 8.55. The summed E-state index contributed by atoms with van der Waals surface area (Å²) in [6, 6.07) is 12.3. The lowest BCUT2D eigenvalue weighted by Crippen LogP contribution is -2.53. The summed E-state index contributed by atoms with van der Waals surface area (Å²) in [5.41, 5.74) is -0.519. The van der Waals surface area contributed by atoms with Gasteiger partial charge in [0.2, 0.25) is 11.8 Å². The zero-order valence-electron chi connectivity index (χ0n) is 24.8. The Balaban J connectivity index is 1.74. The van der Waals surface area contributed by atoms with Crippen LogP contribution in [0.5, 0.6) is 0 Å². The quantitative estimate of drug-likeness (QED) is 0.239. The van der Waals surface area contributed by atoms with Gasteiger partial charge < -0.3 is 10.2 Å². The fourth-order valence-corrected chi connectivity index (χ4v) is 6.82. The molecule has 2 amide bonds. The fourth-order valence-electron chi connectivity index (χ4n) is 5.19. The number of carbonyl (C=O) groups is 2. The van der Waals surface area contributed by atoms with E-state index in [4.69, 9.17) is 11.6 Å². The molecule has 0 saturated heterocycles. The van der Waals surface area contributed by atoms with Crippen LogP contribution in [-0.4, -0.2) is 43.8 Å². The van der Waals surface area contributed by atoms with E-state index in [0.29, 0.717) is 15.9 Å². The van der Waals surface area contributed by atoms with Gasteiger partial charge in [0, 0.05) is 12.6 Å². The Morgan fingerprint density at radius 1 is 0.978 bits per heavy atom. The molecule has 4 rings (SSSR count). The van der Waals surface area contributed by atoms with Crippen LogP contribution in [0.2, 0.25) is 5.02 Å². The molecule has 242 valence electrons. The zero-order chi connectivity index (χ0) is 32.9. The maximum atomic E-state index is 14.0. The number of hydrogen-bond donors (Lipinski definition) is 1. The van der Waals surface area contributed by atoms with Gasteiger partial charge in [-0.15, -0.1) is 0 Å². The second-order valence-electron chi connectivity index (χ2n) is 11.2. The molecular weight excluding hydrogens is 634 g/mol. The molecule has 0 unspecified atom stereocenters. The molecule has 0 heterocycles. The third-order valence-electron chi connectivity index (χ3n) is 7.82. The van der Waals surface area contributed by atoms with Crippen LogP contribution < -0.4 is 9.62 Å². The first-order valence-electron chi connectivity index (χ1n) is 14.5. The van der Waals surface area contributed by atoms with Crippen molar-refractivity contribution in [3.63, 3.8) is 0 Å². The fraction of sp³-hybridized carbons (Fsp3) is 0.375. The van der Waals surface area contributed by atoms with Crippen molar-refractivity contribution < 1.29 is 35.6 Å². The lowest BCUT2D eigenvalue weighted by Gasteiger charge is -2.33. The highest BCUT2D eigenvalue weighted by Crippen LogP contribution is 2.38. The average Bonchev–Trinajstić information content (AvgIpc) is 2.99. The van der Waals surface area contributed by atoms with Crippen molar-refractivity contribution in [3.05, 3.63) is 94.3 Å². The lowest BCUT2D eigenvalue weighted by molar-refractivity contribution is -0.139. The number of anilines is 1. The second kappa shape index (κ2) is 14.2. The molecule has 7 nitrogen and oxygen atoms in total. The van der Waals surface area contributed by atoms with E-state index >= 15 is 0 Å². The first-order valence-corrected chi connectivity index (χ1v) is 16.3. The van der Waals surface area contributed by atoms with Gasteiger partial charge in [-0.05, 0) is 74.7 Å². The molecule has 45 heavy (non-hydrogen) atoms. The summed E-state index contributed by atoms with van der Waals surface area (Å²) < 4.78 is 83.5. The summed E-state index contributed by atoms with van der Waals surface area (Å²) in [7, 11) is -4.60. The Labute approximate surface area is 265 Å². The number of nitrogens with zero attached hydrogens (tertiary/aromatic N) is 2. The Hall–Kier alpha value is -3.64. The first-order chi connectivity index (χ1) is 21.2. The number of rotatable bonds is 10. The number of hydrogen-bond acceptors (Lipinski definition) is 4. The Kier molecular flexibility index (Phi) is 10.8. The van der Waals surface area contributed by atoms with Gasteiger partial charge in [-0.25, -0.2) is 12.8 Å². The summed E-state index contributed by atoms with van der Waals surface area (Å²) in [6.45, 7) is 2.10. The molecular formula is C32H34ClF4N3O4S. The SMILES string of the molecule is Cc1ccc(S(=O)(=O)N(CC(=O)N(Cc2ccc(F)cc2)[C@H](C)C(=O)NC2CCCCC2)c2ccc(Cl)c(C(F)(F)F)c2)cc1. The van der Waals surface area contributed by atoms with Crippen molar-refractivity contribution >= 4 is 39.1 Å². The van der Waals surface area contributed by atoms with Crippen molar-refractivity contribution in [2.45, 2.75) is 75.7 Å². The van der Waals surface area contributed by atoms with Crippen LogP contribution in [0.15, 0.2) is 71.6 Å². The van der Waals surface area contributed by atoms with Crippen LogP contribution in [0.4, 0.5) is 23.2 Å². The topological polar surface area (TPSA) is 86.8 Å². The molecule has 0 spiro atoms. The van der Waals surface area contributed by atoms with E-state index < -0.39 is 62.7 Å². The van der Waals surface area contributed by atoms with Gasteiger partial charge in [-0.2, -0.15) is 13.2 Å². The molecule has 0 bridgehead atoms. The van der Waals surface area contributed by atoms with E-state index in [9.17, 15) is 35.6 Å². The molecule has 1 atom stereocenters. The van der Waals surface area contributed by atoms with Crippen molar-refractivity contribution in [2.75, 3.05) is 10.8 Å². The van der Waals surface area contributed by atoms with Gasteiger partial charge in [0.05, 0.1) is 21.2 Å². The van der Waals surface area contributed by atoms with E-state index in [1.165, 1.54) is 55.5 Å². The minimum atomic E-state index is -4.91. The summed E-state index contributed by atoms with van der Waals surface area (Å²) >= 11 is 5.81. The van der Waals surface area contributed by atoms with Crippen molar-refractivity contribution in [1.29, 1.82) is 0 Å². The van der Waals surface area contributed by atoms with E-state index in [0.717, 1.165) is 54.7 Å². The van der Waals surface area contributed by atoms with Gasteiger partial charge in [-0.3, -0.25) is 13.9 Å². The standard InChI is InChI=1S/C32H34ClF4N3O4S/c1-21-8-15-27(16-9-21)45(43,44)40(26-14-17-29(33)28(18-26)32(35,36)37)20-30(41)39(19-23-10-12-24(34)13-11-23)22(2)31(42)38-25-6-4-3-5-7-25/h8-18,22,25H,3-7,19-20H2,1-2H3,(H,38,42)/t22-/m1/s1. The van der Waals surface area contributed by atoms with Gasteiger partial charge >= 0.3 is 6.18 Å². The maximum Gasteiger partial charge on any atom is 0.417 e. The van der Waals surface area contributed by atoms with Crippen LogP contribution in [0, 0.1) is 12.7 Å². The van der Waals surface area contributed by atoms with Crippen LogP contribution >= 0.6 is 11.6 Å². The number of halogens is 5. The normalized spacial score (nSPS) is 14.9. The molecule has 1 N–H and O–H groups in total. The first kappa shape index (κ1) is 34.2. The second-order valence-corrected chi connectivity index (χ2v) is 13.4. The van der Waals surface area contributed by atoms with E-state index in [1.54, 1.807) is 6.92 Å². The van der Waals surface area contributed by atoms with E-state index in [-0.39, 0.29) is 17.5 Å². The summed E-state index contributed by atoms with van der Waals surface area (Å²) in [5.74, 6) is -1.83. The molecule has 0 radical (unpaired) electrons. The number of aryl methyl sites for hydroxylation is 1. The molecule has 3 aromatic carbocycles. The number of alkyl halides is 3. The van der Waals surface area contributed by atoms with E-state index in [2.05, 4.69) is 5.32 Å².